The minimum atomic E-state index is -4.01. The molecule has 0 aromatic heterocycles. The summed E-state index contributed by atoms with van der Waals surface area (Å²) in [6.45, 7) is 2.13. The number of carbonyl (C=O) groups excluding carboxylic acids is 1. The van der Waals surface area contributed by atoms with Crippen molar-refractivity contribution in [3.05, 3.63) is 90.2 Å². The zero-order valence-corrected chi connectivity index (χ0v) is 19.2. The average molecular weight is 485 g/mol. The lowest BCUT2D eigenvalue weighted by Crippen LogP contribution is -2.45. The van der Waals surface area contributed by atoms with Crippen LogP contribution >= 0.6 is 0 Å². The van der Waals surface area contributed by atoms with E-state index < -0.39 is 39.1 Å². The smallest absolute Gasteiger partial charge is 0.250 e. The molecule has 0 aliphatic carbocycles. The number of ether oxygens (including phenoxy) is 1. The van der Waals surface area contributed by atoms with Crippen molar-refractivity contribution in [3.63, 3.8) is 0 Å². The van der Waals surface area contributed by atoms with Crippen LogP contribution in [0.25, 0.3) is 0 Å². The molecule has 1 aliphatic rings. The molecule has 4 N–H and O–H groups in total. The van der Waals surface area contributed by atoms with Gasteiger partial charge < -0.3 is 10.1 Å². The molecule has 1 heterocycles. The molecule has 0 bridgehead atoms. The minimum absolute atomic E-state index is 0.202. The van der Waals surface area contributed by atoms with Crippen LogP contribution in [0.1, 0.15) is 12.5 Å². The lowest BCUT2D eigenvalue weighted by molar-refractivity contribution is -0.119. The molecule has 0 radical (unpaired) electrons. The first kappa shape index (κ1) is 23.7. The quantitative estimate of drug-likeness (QED) is 0.391. The summed E-state index contributed by atoms with van der Waals surface area (Å²) < 4.78 is 47.1. The summed E-state index contributed by atoms with van der Waals surface area (Å²) in [5.74, 6) is -1.22. The van der Waals surface area contributed by atoms with E-state index in [0.717, 1.165) is 17.7 Å². The predicted octanol–water partition coefficient (Wildman–Crippen LogP) is 3.22. The summed E-state index contributed by atoms with van der Waals surface area (Å²) >= 11 is 0. The summed E-state index contributed by atoms with van der Waals surface area (Å²) in [6.07, 6.45) is 0. The summed E-state index contributed by atoms with van der Waals surface area (Å²) in [7, 11) is -4.01. The molecule has 1 aliphatic heterocycles. The van der Waals surface area contributed by atoms with Crippen molar-refractivity contribution in [2.75, 3.05) is 10.0 Å². The fraction of sp³-hybridized carbons (Fsp3) is 0.208. The largest absolute Gasteiger partial charge is 0.489 e. The van der Waals surface area contributed by atoms with Gasteiger partial charge in [-0.1, -0.05) is 30.3 Å². The molecule has 178 valence electrons. The van der Waals surface area contributed by atoms with Gasteiger partial charge in [-0.15, -0.1) is 0 Å². The van der Waals surface area contributed by atoms with E-state index in [9.17, 15) is 17.6 Å². The van der Waals surface area contributed by atoms with Crippen LogP contribution < -0.4 is 25.6 Å². The van der Waals surface area contributed by atoms with Crippen molar-refractivity contribution in [1.29, 1.82) is 0 Å². The van der Waals surface area contributed by atoms with Gasteiger partial charge in [0, 0.05) is 17.4 Å². The SMILES string of the molecule is CC1NNC(S(=O)(=O)Nc2ccc(F)cc2)C1C(=O)Nc1ccc(OCc2ccccc2)cc1. The lowest BCUT2D eigenvalue weighted by Gasteiger charge is -2.21. The molecule has 34 heavy (non-hydrogen) atoms. The number of halogens is 1. The lowest BCUT2D eigenvalue weighted by atomic mass is 10.0. The van der Waals surface area contributed by atoms with E-state index in [1.165, 1.54) is 12.1 Å². The second-order valence-corrected chi connectivity index (χ2v) is 9.77. The first-order valence-corrected chi connectivity index (χ1v) is 12.2. The number of rotatable bonds is 8. The van der Waals surface area contributed by atoms with Crippen molar-refractivity contribution >= 4 is 27.3 Å². The number of nitrogens with one attached hydrogen (secondary N) is 4. The number of anilines is 2. The molecule has 1 fully saturated rings. The van der Waals surface area contributed by atoms with E-state index in [1.807, 2.05) is 30.3 Å². The number of amides is 1. The molecular weight excluding hydrogens is 459 g/mol. The second kappa shape index (κ2) is 10.2. The van der Waals surface area contributed by atoms with Crippen LogP contribution in [-0.2, 0) is 21.4 Å². The maximum atomic E-state index is 13.1. The zero-order chi connectivity index (χ0) is 24.1. The Balaban J connectivity index is 1.40. The number of carbonyl (C=O) groups is 1. The molecule has 0 saturated carbocycles. The highest BCUT2D eigenvalue weighted by Gasteiger charge is 2.46. The van der Waals surface area contributed by atoms with E-state index >= 15 is 0 Å². The number of benzene rings is 3. The van der Waals surface area contributed by atoms with Crippen LogP contribution in [0.15, 0.2) is 78.9 Å². The fourth-order valence-electron chi connectivity index (χ4n) is 3.64. The molecule has 10 heteroatoms. The summed E-state index contributed by atoms with van der Waals surface area (Å²) in [4.78, 5) is 13.0. The summed E-state index contributed by atoms with van der Waals surface area (Å²) in [5.41, 5.74) is 7.25. The Morgan fingerprint density at radius 2 is 1.59 bits per heavy atom. The molecule has 3 aromatic carbocycles. The van der Waals surface area contributed by atoms with Gasteiger partial charge in [-0.3, -0.25) is 14.9 Å². The Bertz CT molecular complexity index is 1220. The van der Waals surface area contributed by atoms with Gasteiger partial charge in [0.15, 0.2) is 5.37 Å². The molecule has 8 nitrogen and oxygen atoms in total. The Kier molecular flexibility index (Phi) is 7.11. The van der Waals surface area contributed by atoms with E-state index in [2.05, 4.69) is 20.9 Å². The van der Waals surface area contributed by atoms with Crippen molar-refractivity contribution < 1.29 is 22.3 Å². The molecule has 3 aromatic rings. The fourth-order valence-corrected chi connectivity index (χ4v) is 5.20. The third-order valence-electron chi connectivity index (χ3n) is 5.43. The third kappa shape index (κ3) is 5.71. The van der Waals surface area contributed by atoms with Crippen LogP contribution in [0.5, 0.6) is 5.75 Å². The van der Waals surface area contributed by atoms with Crippen LogP contribution in [0, 0.1) is 11.7 Å². The monoisotopic (exact) mass is 484 g/mol. The number of hydrogen-bond acceptors (Lipinski definition) is 6. The van der Waals surface area contributed by atoms with Gasteiger partial charge in [-0.05, 0) is 61.0 Å². The molecule has 3 unspecified atom stereocenters. The molecule has 1 saturated heterocycles. The zero-order valence-electron chi connectivity index (χ0n) is 18.4. The Morgan fingerprint density at radius 1 is 0.941 bits per heavy atom. The first-order valence-electron chi connectivity index (χ1n) is 10.7. The topological polar surface area (TPSA) is 109 Å². The minimum Gasteiger partial charge on any atom is -0.489 e. The summed E-state index contributed by atoms with van der Waals surface area (Å²) in [6, 6.07) is 21.1. The van der Waals surface area contributed by atoms with Gasteiger partial charge in [0.05, 0.1) is 5.92 Å². The van der Waals surface area contributed by atoms with E-state index in [-0.39, 0.29) is 5.69 Å². The van der Waals surface area contributed by atoms with Gasteiger partial charge >= 0.3 is 0 Å². The van der Waals surface area contributed by atoms with Gasteiger partial charge in [-0.2, -0.15) is 0 Å². The molecule has 0 spiro atoms. The molecule has 3 atom stereocenters. The highest BCUT2D eigenvalue weighted by atomic mass is 32.2. The Morgan fingerprint density at radius 3 is 2.26 bits per heavy atom. The second-order valence-electron chi connectivity index (χ2n) is 7.97. The van der Waals surface area contributed by atoms with Gasteiger partial charge in [0.2, 0.25) is 5.91 Å². The number of hydrogen-bond donors (Lipinski definition) is 4. The van der Waals surface area contributed by atoms with Crippen molar-refractivity contribution in [1.82, 2.24) is 10.9 Å². The molecular formula is C24H25FN4O4S. The van der Waals surface area contributed by atoms with Crippen molar-refractivity contribution in [3.8, 4) is 5.75 Å². The molecule has 1 amide bonds. The maximum Gasteiger partial charge on any atom is 0.250 e. The Labute approximate surface area is 197 Å². The van der Waals surface area contributed by atoms with Crippen LogP contribution in [0.2, 0.25) is 0 Å². The summed E-state index contributed by atoms with van der Waals surface area (Å²) in [5, 5.41) is 1.54. The van der Waals surface area contributed by atoms with Gasteiger partial charge in [0.25, 0.3) is 10.0 Å². The normalized spacial score (nSPS) is 20.0. The predicted molar refractivity (Wildman–Crippen MR) is 128 cm³/mol. The standard InChI is InChI=1S/C24H25FN4O4S/c1-16-22(24(28-27-16)34(31,32)29-20-9-7-18(25)8-10-20)23(30)26-19-11-13-21(14-12-19)33-15-17-5-3-2-4-6-17/h2-14,16,22,24,27-29H,15H2,1H3,(H,26,30). The van der Waals surface area contributed by atoms with E-state index in [0.29, 0.717) is 18.0 Å². The number of hydrazine groups is 1. The highest BCUT2D eigenvalue weighted by Crippen LogP contribution is 2.25. The van der Waals surface area contributed by atoms with E-state index in [4.69, 9.17) is 4.74 Å². The Hall–Kier alpha value is -3.47. The van der Waals surface area contributed by atoms with Crippen LogP contribution in [0.3, 0.4) is 0 Å². The third-order valence-corrected chi connectivity index (χ3v) is 7.03. The molecule has 4 rings (SSSR count). The van der Waals surface area contributed by atoms with Crippen LogP contribution in [-0.4, -0.2) is 25.7 Å². The van der Waals surface area contributed by atoms with Crippen molar-refractivity contribution in [2.24, 2.45) is 5.92 Å². The van der Waals surface area contributed by atoms with Gasteiger partial charge in [0.1, 0.15) is 18.2 Å². The first-order chi connectivity index (χ1) is 16.3. The number of sulfonamides is 1. The van der Waals surface area contributed by atoms with E-state index in [1.54, 1.807) is 31.2 Å². The van der Waals surface area contributed by atoms with Crippen LogP contribution in [0.4, 0.5) is 15.8 Å². The van der Waals surface area contributed by atoms with Crippen molar-refractivity contribution in [2.45, 2.75) is 24.9 Å². The van der Waals surface area contributed by atoms with Gasteiger partial charge in [-0.25, -0.2) is 18.2 Å². The highest BCUT2D eigenvalue weighted by molar-refractivity contribution is 7.93. The maximum absolute atomic E-state index is 13.1. The average Bonchev–Trinajstić information content (AvgIpc) is 3.23.